The van der Waals surface area contributed by atoms with Crippen LogP contribution < -0.4 is 19.5 Å². The summed E-state index contributed by atoms with van der Waals surface area (Å²) in [5, 5.41) is 2.80. The molecule has 0 fully saturated rings. The highest BCUT2D eigenvalue weighted by Crippen LogP contribution is 2.27. The number of carbonyl (C=O) groups excluding carboxylic acids is 1. The summed E-state index contributed by atoms with van der Waals surface area (Å²) >= 11 is 0. The molecule has 1 heterocycles. The molecule has 8 nitrogen and oxygen atoms in total. The zero-order valence-corrected chi connectivity index (χ0v) is 19.6. The summed E-state index contributed by atoms with van der Waals surface area (Å²) < 4.78 is 39.5. The standard InChI is InChI=1S/C24H27N3O5S/c1-4-14-32-24-19(8-7-13-25-24)16-26-23(28)18-12-11-17(2)22(15-18)33(29,30)27-20-9-5-6-10-21(20)31-3/h5-13,15,27H,4,14,16H2,1-3H3,(H,26,28). The molecule has 0 radical (unpaired) electrons. The maximum absolute atomic E-state index is 13.1. The van der Waals surface area contributed by atoms with Crippen molar-refractivity contribution in [2.75, 3.05) is 18.4 Å². The number of para-hydroxylation sites is 2. The topological polar surface area (TPSA) is 107 Å². The first-order valence-corrected chi connectivity index (χ1v) is 12.0. The Labute approximate surface area is 194 Å². The van der Waals surface area contributed by atoms with Gasteiger partial charge in [0, 0.05) is 23.9 Å². The number of aryl methyl sites for hydroxylation is 1. The number of sulfonamides is 1. The molecule has 0 bridgehead atoms. The molecular formula is C24H27N3O5S. The number of amides is 1. The van der Waals surface area contributed by atoms with Crippen LogP contribution in [0.4, 0.5) is 5.69 Å². The van der Waals surface area contributed by atoms with E-state index in [0.717, 1.165) is 12.0 Å². The molecule has 1 amide bonds. The lowest BCUT2D eigenvalue weighted by molar-refractivity contribution is 0.0950. The van der Waals surface area contributed by atoms with Gasteiger partial charge >= 0.3 is 0 Å². The average molecular weight is 470 g/mol. The summed E-state index contributed by atoms with van der Waals surface area (Å²) in [6.45, 7) is 4.39. The number of ether oxygens (including phenoxy) is 2. The van der Waals surface area contributed by atoms with Gasteiger partial charge in [0.25, 0.3) is 15.9 Å². The van der Waals surface area contributed by atoms with Crippen molar-refractivity contribution in [1.29, 1.82) is 0 Å². The number of benzene rings is 2. The Balaban J connectivity index is 1.79. The number of hydrogen-bond donors (Lipinski definition) is 2. The molecule has 0 aliphatic carbocycles. The van der Waals surface area contributed by atoms with E-state index in [0.29, 0.717) is 29.5 Å². The van der Waals surface area contributed by atoms with Crippen molar-refractivity contribution in [3.8, 4) is 11.6 Å². The molecule has 0 unspecified atom stereocenters. The van der Waals surface area contributed by atoms with E-state index in [4.69, 9.17) is 9.47 Å². The lowest BCUT2D eigenvalue weighted by Gasteiger charge is -2.14. The minimum atomic E-state index is -3.96. The summed E-state index contributed by atoms with van der Waals surface area (Å²) in [4.78, 5) is 17.0. The van der Waals surface area contributed by atoms with Crippen molar-refractivity contribution in [2.24, 2.45) is 0 Å². The molecule has 0 saturated heterocycles. The fourth-order valence-corrected chi connectivity index (χ4v) is 4.47. The van der Waals surface area contributed by atoms with Gasteiger partial charge in [-0.25, -0.2) is 13.4 Å². The minimum Gasteiger partial charge on any atom is -0.495 e. The van der Waals surface area contributed by atoms with Gasteiger partial charge in [-0.2, -0.15) is 0 Å². The number of nitrogens with zero attached hydrogens (tertiary/aromatic N) is 1. The van der Waals surface area contributed by atoms with Crippen molar-refractivity contribution < 1.29 is 22.7 Å². The molecule has 3 aromatic rings. The van der Waals surface area contributed by atoms with E-state index in [2.05, 4.69) is 15.0 Å². The Hall–Kier alpha value is -3.59. The van der Waals surface area contributed by atoms with Crippen LogP contribution in [-0.4, -0.2) is 33.0 Å². The molecule has 33 heavy (non-hydrogen) atoms. The van der Waals surface area contributed by atoms with Gasteiger partial charge in [-0.3, -0.25) is 9.52 Å². The van der Waals surface area contributed by atoms with E-state index in [1.165, 1.54) is 13.2 Å². The van der Waals surface area contributed by atoms with Crippen LogP contribution in [-0.2, 0) is 16.6 Å². The molecule has 0 atom stereocenters. The molecule has 0 spiro atoms. The van der Waals surface area contributed by atoms with Crippen LogP contribution in [0.1, 0.15) is 34.8 Å². The highest BCUT2D eigenvalue weighted by Gasteiger charge is 2.21. The number of carbonyl (C=O) groups is 1. The molecular weight excluding hydrogens is 442 g/mol. The zero-order chi connectivity index (χ0) is 23.8. The maximum atomic E-state index is 13.1. The molecule has 1 aromatic heterocycles. The van der Waals surface area contributed by atoms with Crippen molar-refractivity contribution in [3.63, 3.8) is 0 Å². The summed E-state index contributed by atoms with van der Waals surface area (Å²) in [5.41, 5.74) is 1.78. The number of methoxy groups -OCH3 is 1. The third kappa shape index (κ3) is 6.01. The van der Waals surface area contributed by atoms with Crippen LogP contribution >= 0.6 is 0 Å². The van der Waals surface area contributed by atoms with Gasteiger partial charge < -0.3 is 14.8 Å². The number of nitrogens with one attached hydrogen (secondary N) is 2. The van der Waals surface area contributed by atoms with Crippen molar-refractivity contribution in [2.45, 2.75) is 31.7 Å². The van der Waals surface area contributed by atoms with Crippen LogP contribution in [0.15, 0.2) is 65.7 Å². The number of aromatic nitrogens is 1. The second-order valence-corrected chi connectivity index (χ2v) is 8.94. The number of hydrogen-bond acceptors (Lipinski definition) is 6. The molecule has 0 aliphatic rings. The van der Waals surface area contributed by atoms with E-state index in [1.807, 2.05) is 13.0 Å². The molecule has 0 saturated carbocycles. The van der Waals surface area contributed by atoms with Crippen LogP contribution in [0.2, 0.25) is 0 Å². The minimum absolute atomic E-state index is 0.00871. The molecule has 0 aliphatic heterocycles. The Kier molecular flexibility index (Phi) is 7.89. The van der Waals surface area contributed by atoms with Crippen LogP contribution in [0.5, 0.6) is 11.6 Å². The van der Waals surface area contributed by atoms with E-state index >= 15 is 0 Å². The molecule has 9 heteroatoms. The largest absolute Gasteiger partial charge is 0.495 e. The molecule has 2 aromatic carbocycles. The zero-order valence-electron chi connectivity index (χ0n) is 18.8. The number of pyridine rings is 1. The van der Waals surface area contributed by atoms with Gasteiger partial charge in [0.05, 0.1) is 24.3 Å². The fourth-order valence-electron chi connectivity index (χ4n) is 3.12. The lowest BCUT2D eigenvalue weighted by atomic mass is 10.1. The van der Waals surface area contributed by atoms with Gasteiger partial charge in [-0.05, 0) is 49.2 Å². The summed E-state index contributed by atoms with van der Waals surface area (Å²) in [5.74, 6) is 0.451. The first-order chi connectivity index (χ1) is 15.9. The Morgan fingerprint density at radius 1 is 1.09 bits per heavy atom. The summed E-state index contributed by atoms with van der Waals surface area (Å²) in [6, 6.07) is 14.8. The SMILES string of the molecule is CCCOc1ncccc1CNC(=O)c1ccc(C)c(S(=O)(=O)Nc2ccccc2OC)c1. The molecule has 3 rings (SSSR count). The quantitative estimate of drug-likeness (QED) is 0.466. The first kappa shape index (κ1) is 24.1. The van der Waals surface area contributed by atoms with E-state index in [9.17, 15) is 13.2 Å². The van der Waals surface area contributed by atoms with Crippen LogP contribution in [0.3, 0.4) is 0 Å². The van der Waals surface area contributed by atoms with E-state index in [-0.39, 0.29) is 17.0 Å². The van der Waals surface area contributed by atoms with Gasteiger partial charge in [-0.15, -0.1) is 0 Å². The Bertz CT molecular complexity index is 1230. The predicted molar refractivity (Wildman–Crippen MR) is 126 cm³/mol. The van der Waals surface area contributed by atoms with Crippen molar-refractivity contribution in [3.05, 3.63) is 77.5 Å². The third-order valence-corrected chi connectivity index (χ3v) is 6.33. The number of anilines is 1. The second kappa shape index (κ2) is 10.8. The Morgan fingerprint density at radius 3 is 2.64 bits per heavy atom. The summed E-state index contributed by atoms with van der Waals surface area (Å²) in [6.07, 6.45) is 2.47. The van der Waals surface area contributed by atoms with Gasteiger partial charge in [-0.1, -0.05) is 31.2 Å². The van der Waals surface area contributed by atoms with Gasteiger partial charge in [0.1, 0.15) is 5.75 Å². The van der Waals surface area contributed by atoms with Crippen LogP contribution in [0.25, 0.3) is 0 Å². The normalized spacial score (nSPS) is 11.0. The van der Waals surface area contributed by atoms with E-state index in [1.54, 1.807) is 55.6 Å². The predicted octanol–water partition coefficient (Wildman–Crippen LogP) is 3.92. The van der Waals surface area contributed by atoms with Crippen molar-refractivity contribution >= 4 is 21.6 Å². The summed E-state index contributed by atoms with van der Waals surface area (Å²) in [7, 11) is -2.49. The van der Waals surface area contributed by atoms with Crippen LogP contribution in [0, 0.1) is 6.92 Å². The van der Waals surface area contributed by atoms with Gasteiger partial charge in [0.2, 0.25) is 5.88 Å². The molecule has 174 valence electrons. The second-order valence-electron chi connectivity index (χ2n) is 7.28. The van der Waals surface area contributed by atoms with E-state index < -0.39 is 15.9 Å². The van der Waals surface area contributed by atoms with Crippen molar-refractivity contribution in [1.82, 2.24) is 10.3 Å². The smallest absolute Gasteiger partial charge is 0.262 e. The fraction of sp³-hybridized carbons (Fsp3) is 0.250. The molecule has 2 N–H and O–H groups in total. The monoisotopic (exact) mass is 469 g/mol. The first-order valence-electron chi connectivity index (χ1n) is 10.5. The number of rotatable bonds is 10. The average Bonchev–Trinajstić information content (AvgIpc) is 2.82. The van der Waals surface area contributed by atoms with Gasteiger partial charge in [0.15, 0.2) is 0 Å². The third-order valence-electron chi connectivity index (χ3n) is 4.82. The maximum Gasteiger partial charge on any atom is 0.262 e. The highest BCUT2D eigenvalue weighted by molar-refractivity contribution is 7.92. The highest BCUT2D eigenvalue weighted by atomic mass is 32.2. The Morgan fingerprint density at radius 2 is 1.88 bits per heavy atom. The lowest BCUT2D eigenvalue weighted by Crippen LogP contribution is -2.24.